The molecule has 0 radical (unpaired) electrons. The standard InChI is InChI=1S/C29H28N2O5/c1-5-35-25-16-9-20(18-26(25)36-6-2)17-24-28(32)31(23-14-12-22(13-15-23)29(33)34-4)27(30-24)21-10-7-19(3)8-11-21/h7-18H,5-6H2,1-4H3/b24-17+. The van der Waals surface area contributed by atoms with Gasteiger partial charge in [0.2, 0.25) is 0 Å². The predicted octanol–water partition coefficient (Wildman–Crippen LogP) is 5.41. The third-order valence-electron chi connectivity index (χ3n) is 5.59. The number of aryl methyl sites for hydroxylation is 1. The van der Waals surface area contributed by atoms with Crippen molar-refractivity contribution in [3.63, 3.8) is 0 Å². The van der Waals surface area contributed by atoms with E-state index in [0.29, 0.717) is 41.8 Å². The van der Waals surface area contributed by atoms with Gasteiger partial charge in [0.1, 0.15) is 11.5 Å². The molecule has 7 heteroatoms. The van der Waals surface area contributed by atoms with Gasteiger partial charge in [0.15, 0.2) is 11.5 Å². The van der Waals surface area contributed by atoms with Gasteiger partial charge < -0.3 is 14.2 Å². The highest BCUT2D eigenvalue weighted by Gasteiger charge is 2.32. The minimum absolute atomic E-state index is 0.275. The molecule has 0 atom stereocenters. The van der Waals surface area contributed by atoms with Crippen LogP contribution in [-0.4, -0.2) is 38.0 Å². The number of esters is 1. The molecule has 0 saturated carbocycles. The van der Waals surface area contributed by atoms with E-state index in [-0.39, 0.29) is 11.6 Å². The molecule has 7 nitrogen and oxygen atoms in total. The molecule has 1 amide bonds. The lowest BCUT2D eigenvalue weighted by molar-refractivity contribution is -0.113. The highest BCUT2D eigenvalue weighted by molar-refractivity contribution is 6.33. The zero-order valence-electron chi connectivity index (χ0n) is 20.8. The lowest BCUT2D eigenvalue weighted by atomic mass is 10.1. The molecule has 0 aromatic heterocycles. The third-order valence-corrected chi connectivity index (χ3v) is 5.59. The molecule has 1 heterocycles. The molecule has 4 rings (SSSR count). The molecule has 3 aromatic rings. The molecule has 36 heavy (non-hydrogen) atoms. The van der Waals surface area contributed by atoms with Gasteiger partial charge in [0.25, 0.3) is 5.91 Å². The summed E-state index contributed by atoms with van der Waals surface area (Å²) in [6.45, 7) is 6.83. The molecule has 3 aromatic carbocycles. The molecular weight excluding hydrogens is 456 g/mol. The average molecular weight is 485 g/mol. The number of carbonyl (C=O) groups excluding carboxylic acids is 2. The summed E-state index contributed by atoms with van der Waals surface area (Å²) in [4.78, 5) is 31.8. The number of methoxy groups -OCH3 is 1. The normalized spacial score (nSPS) is 14.1. The number of amidine groups is 1. The number of benzene rings is 3. The maximum absolute atomic E-state index is 13.6. The zero-order chi connectivity index (χ0) is 25.7. The summed E-state index contributed by atoms with van der Waals surface area (Å²) in [5.74, 6) is 1.05. The van der Waals surface area contributed by atoms with Crippen LogP contribution in [0.5, 0.6) is 11.5 Å². The first-order valence-corrected chi connectivity index (χ1v) is 11.7. The molecule has 1 aliphatic rings. The van der Waals surface area contributed by atoms with Crippen LogP contribution in [0.1, 0.15) is 40.9 Å². The molecule has 0 saturated heterocycles. The van der Waals surface area contributed by atoms with Gasteiger partial charge in [-0.1, -0.05) is 35.9 Å². The van der Waals surface area contributed by atoms with Crippen LogP contribution in [0.3, 0.4) is 0 Å². The predicted molar refractivity (Wildman–Crippen MR) is 140 cm³/mol. The summed E-state index contributed by atoms with van der Waals surface area (Å²) in [5.41, 5.74) is 3.95. The van der Waals surface area contributed by atoms with Crippen molar-refractivity contribution in [2.45, 2.75) is 20.8 Å². The van der Waals surface area contributed by atoms with E-state index in [2.05, 4.69) is 0 Å². The fraction of sp³-hybridized carbons (Fsp3) is 0.207. The van der Waals surface area contributed by atoms with Crippen LogP contribution in [-0.2, 0) is 9.53 Å². The maximum Gasteiger partial charge on any atom is 0.337 e. The van der Waals surface area contributed by atoms with Crippen molar-refractivity contribution in [1.29, 1.82) is 0 Å². The van der Waals surface area contributed by atoms with Crippen LogP contribution in [0.2, 0.25) is 0 Å². The molecule has 0 N–H and O–H groups in total. The number of hydrogen-bond donors (Lipinski definition) is 0. The topological polar surface area (TPSA) is 77.4 Å². The molecule has 0 fully saturated rings. The molecule has 1 aliphatic heterocycles. The molecule has 0 aliphatic carbocycles. The number of anilines is 1. The molecule has 0 bridgehead atoms. The van der Waals surface area contributed by atoms with Gasteiger partial charge in [-0.05, 0) is 68.8 Å². The monoisotopic (exact) mass is 484 g/mol. The van der Waals surface area contributed by atoms with Crippen molar-refractivity contribution < 1.29 is 23.8 Å². The zero-order valence-corrected chi connectivity index (χ0v) is 20.8. The van der Waals surface area contributed by atoms with Crippen molar-refractivity contribution in [3.05, 3.63) is 94.7 Å². The lowest BCUT2D eigenvalue weighted by Crippen LogP contribution is -2.32. The summed E-state index contributed by atoms with van der Waals surface area (Å²) in [5, 5.41) is 0. The van der Waals surface area contributed by atoms with E-state index in [0.717, 1.165) is 16.7 Å². The Morgan fingerprint density at radius 2 is 1.58 bits per heavy atom. The minimum atomic E-state index is -0.442. The van der Waals surface area contributed by atoms with Crippen LogP contribution in [0, 0.1) is 6.92 Å². The van der Waals surface area contributed by atoms with Crippen molar-refractivity contribution in [1.82, 2.24) is 0 Å². The van der Waals surface area contributed by atoms with E-state index in [1.807, 2.05) is 63.2 Å². The summed E-state index contributed by atoms with van der Waals surface area (Å²) < 4.78 is 16.2. The van der Waals surface area contributed by atoms with E-state index >= 15 is 0 Å². The van der Waals surface area contributed by atoms with Crippen LogP contribution in [0.4, 0.5) is 5.69 Å². The summed E-state index contributed by atoms with van der Waals surface area (Å²) in [7, 11) is 1.33. The number of hydrogen-bond acceptors (Lipinski definition) is 6. The van der Waals surface area contributed by atoms with E-state index in [9.17, 15) is 9.59 Å². The van der Waals surface area contributed by atoms with Gasteiger partial charge in [0.05, 0.1) is 31.6 Å². The molecule has 0 spiro atoms. The van der Waals surface area contributed by atoms with E-state index in [1.54, 1.807) is 35.2 Å². The number of aliphatic imine (C=N–C) groups is 1. The van der Waals surface area contributed by atoms with Crippen molar-refractivity contribution in [2.75, 3.05) is 25.2 Å². The van der Waals surface area contributed by atoms with Gasteiger partial charge in [0, 0.05) is 5.56 Å². The van der Waals surface area contributed by atoms with E-state index < -0.39 is 5.97 Å². The van der Waals surface area contributed by atoms with Crippen LogP contribution in [0.15, 0.2) is 77.4 Å². The Hall–Kier alpha value is -4.39. The third kappa shape index (κ3) is 5.15. The fourth-order valence-electron chi connectivity index (χ4n) is 3.83. The summed E-state index contributed by atoms with van der Waals surface area (Å²) in [6.07, 6.45) is 1.73. The van der Waals surface area contributed by atoms with Gasteiger partial charge in [-0.25, -0.2) is 9.79 Å². The quantitative estimate of drug-likeness (QED) is 0.315. The number of nitrogens with zero attached hydrogens (tertiary/aromatic N) is 2. The highest BCUT2D eigenvalue weighted by Crippen LogP contribution is 2.32. The van der Waals surface area contributed by atoms with Gasteiger partial charge >= 0.3 is 5.97 Å². The molecular formula is C29H28N2O5. The molecule has 0 unspecified atom stereocenters. The maximum atomic E-state index is 13.6. The fourth-order valence-corrected chi connectivity index (χ4v) is 3.83. The van der Waals surface area contributed by atoms with Crippen molar-refractivity contribution >= 4 is 29.5 Å². The molecule has 184 valence electrons. The average Bonchev–Trinajstić information content (AvgIpc) is 3.21. The summed E-state index contributed by atoms with van der Waals surface area (Å²) in [6, 6.07) is 20.0. The number of amides is 1. The Morgan fingerprint density at radius 3 is 2.22 bits per heavy atom. The van der Waals surface area contributed by atoms with E-state index in [1.165, 1.54) is 7.11 Å². The minimum Gasteiger partial charge on any atom is -0.490 e. The highest BCUT2D eigenvalue weighted by atomic mass is 16.5. The number of ether oxygens (including phenoxy) is 3. The Labute approximate surface area is 210 Å². The number of rotatable bonds is 8. The van der Waals surface area contributed by atoms with Gasteiger partial charge in [-0.2, -0.15) is 0 Å². The Morgan fingerprint density at radius 1 is 0.917 bits per heavy atom. The second-order valence-corrected chi connectivity index (χ2v) is 8.08. The van der Waals surface area contributed by atoms with Crippen LogP contribution < -0.4 is 14.4 Å². The van der Waals surface area contributed by atoms with Crippen molar-refractivity contribution in [3.8, 4) is 11.5 Å². The van der Waals surface area contributed by atoms with Crippen LogP contribution >= 0.6 is 0 Å². The van der Waals surface area contributed by atoms with Gasteiger partial charge in [-0.3, -0.25) is 9.69 Å². The van der Waals surface area contributed by atoms with Crippen LogP contribution in [0.25, 0.3) is 6.08 Å². The Bertz CT molecular complexity index is 1320. The SMILES string of the molecule is CCOc1ccc(/C=C2/N=C(c3ccc(C)cc3)N(c3ccc(C(=O)OC)cc3)C2=O)cc1OCC. The number of carbonyl (C=O) groups is 2. The van der Waals surface area contributed by atoms with Crippen molar-refractivity contribution in [2.24, 2.45) is 4.99 Å². The first-order chi connectivity index (χ1) is 17.4. The smallest absolute Gasteiger partial charge is 0.337 e. The largest absolute Gasteiger partial charge is 0.490 e. The second-order valence-electron chi connectivity index (χ2n) is 8.08. The first kappa shape index (κ1) is 24.7. The lowest BCUT2D eigenvalue weighted by Gasteiger charge is -2.19. The van der Waals surface area contributed by atoms with Gasteiger partial charge in [-0.15, -0.1) is 0 Å². The van der Waals surface area contributed by atoms with E-state index in [4.69, 9.17) is 19.2 Å². The first-order valence-electron chi connectivity index (χ1n) is 11.7. The Balaban J connectivity index is 1.76. The second kappa shape index (κ2) is 10.9. The summed E-state index contributed by atoms with van der Waals surface area (Å²) >= 11 is 0. The Kier molecular flexibility index (Phi) is 7.49.